The number of aliphatic hydroxyl groups excluding tert-OH is 1. The summed E-state index contributed by atoms with van der Waals surface area (Å²) in [4.78, 5) is 40.1. The minimum Gasteiger partial charge on any atom is -0.396 e. The molecule has 1 fully saturated rings. The SMILES string of the molecule is CC1(C)CC(=O)c2cc(C(=O)N[C@@H]3CCC[C@@]3(C)CO)c(=O)[nH]c2C1. The number of aromatic nitrogens is 1. The molecule has 3 N–H and O–H groups in total. The van der Waals surface area contributed by atoms with E-state index in [0.717, 1.165) is 19.3 Å². The Morgan fingerprint density at radius 2 is 2.04 bits per heavy atom. The van der Waals surface area contributed by atoms with Gasteiger partial charge in [0.05, 0.1) is 6.61 Å². The van der Waals surface area contributed by atoms with Crippen molar-refractivity contribution in [1.82, 2.24) is 10.3 Å². The Balaban J connectivity index is 1.89. The molecule has 3 rings (SSSR count). The summed E-state index contributed by atoms with van der Waals surface area (Å²) >= 11 is 0. The van der Waals surface area contributed by atoms with Crippen LogP contribution in [0, 0.1) is 10.8 Å². The molecule has 1 aromatic rings. The quantitative estimate of drug-likeness (QED) is 0.777. The number of ketones is 1. The number of hydrogen-bond acceptors (Lipinski definition) is 4. The molecule has 25 heavy (non-hydrogen) atoms. The third-order valence-corrected chi connectivity index (χ3v) is 5.71. The van der Waals surface area contributed by atoms with E-state index >= 15 is 0 Å². The van der Waals surface area contributed by atoms with Gasteiger partial charge in [-0.1, -0.05) is 27.2 Å². The highest BCUT2D eigenvalue weighted by atomic mass is 16.3. The number of Topliss-reactive ketones (excluding diaryl/α,β-unsaturated/α-hetero) is 1. The lowest BCUT2D eigenvalue weighted by molar-refractivity contribution is 0.0829. The van der Waals surface area contributed by atoms with Crippen molar-refractivity contribution in [2.75, 3.05) is 6.61 Å². The highest BCUT2D eigenvalue weighted by Crippen LogP contribution is 2.37. The first-order valence-corrected chi connectivity index (χ1v) is 8.86. The average molecular weight is 346 g/mol. The fourth-order valence-electron chi connectivity index (χ4n) is 4.10. The second-order valence-corrected chi connectivity index (χ2v) is 8.58. The van der Waals surface area contributed by atoms with Crippen LogP contribution in [0.15, 0.2) is 10.9 Å². The number of pyridine rings is 1. The van der Waals surface area contributed by atoms with Gasteiger partial charge in [0.25, 0.3) is 11.5 Å². The monoisotopic (exact) mass is 346 g/mol. The molecule has 0 bridgehead atoms. The summed E-state index contributed by atoms with van der Waals surface area (Å²) in [5, 5.41) is 12.5. The van der Waals surface area contributed by atoms with Gasteiger partial charge in [-0.15, -0.1) is 0 Å². The van der Waals surface area contributed by atoms with Crippen molar-refractivity contribution < 1.29 is 14.7 Å². The van der Waals surface area contributed by atoms with E-state index in [1.54, 1.807) is 0 Å². The normalized spacial score (nSPS) is 27.8. The number of carbonyl (C=O) groups is 2. The van der Waals surface area contributed by atoms with E-state index in [-0.39, 0.29) is 34.8 Å². The lowest BCUT2D eigenvalue weighted by Crippen LogP contribution is -2.46. The van der Waals surface area contributed by atoms with Gasteiger partial charge in [0.2, 0.25) is 0 Å². The minimum absolute atomic E-state index is 0.00788. The summed E-state index contributed by atoms with van der Waals surface area (Å²) < 4.78 is 0. The van der Waals surface area contributed by atoms with E-state index in [1.807, 2.05) is 20.8 Å². The predicted molar refractivity (Wildman–Crippen MR) is 93.8 cm³/mol. The summed E-state index contributed by atoms with van der Waals surface area (Å²) in [7, 11) is 0. The second-order valence-electron chi connectivity index (χ2n) is 8.58. The second kappa shape index (κ2) is 6.09. The number of hydrogen-bond donors (Lipinski definition) is 3. The topological polar surface area (TPSA) is 99.3 Å². The van der Waals surface area contributed by atoms with Gasteiger partial charge in [0.1, 0.15) is 5.56 Å². The summed E-state index contributed by atoms with van der Waals surface area (Å²) in [6, 6.07) is 1.27. The van der Waals surface area contributed by atoms with Crippen LogP contribution >= 0.6 is 0 Å². The minimum atomic E-state index is -0.478. The van der Waals surface area contributed by atoms with E-state index in [2.05, 4.69) is 10.3 Å². The van der Waals surface area contributed by atoms with E-state index < -0.39 is 11.5 Å². The Morgan fingerprint density at radius 3 is 2.72 bits per heavy atom. The fraction of sp³-hybridized carbons (Fsp3) is 0.632. The maximum atomic E-state index is 12.6. The Hall–Kier alpha value is -1.95. The van der Waals surface area contributed by atoms with E-state index in [4.69, 9.17) is 0 Å². The smallest absolute Gasteiger partial charge is 0.261 e. The molecule has 0 unspecified atom stereocenters. The van der Waals surface area contributed by atoms with Crippen LogP contribution in [-0.4, -0.2) is 34.4 Å². The lowest BCUT2D eigenvalue weighted by atomic mass is 9.75. The van der Waals surface area contributed by atoms with E-state index in [1.165, 1.54) is 6.07 Å². The molecule has 0 aromatic carbocycles. The van der Waals surface area contributed by atoms with Gasteiger partial charge in [-0.05, 0) is 30.7 Å². The largest absolute Gasteiger partial charge is 0.396 e. The number of aliphatic hydroxyl groups is 1. The van der Waals surface area contributed by atoms with Crippen molar-refractivity contribution in [3.05, 3.63) is 33.2 Å². The molecule has 1 heterocycles. The standard InChI is InChI=1S/C19H26N2O4/c1-18(2)8-13-11(14(23)9-18)7-12(16(24)20-13)17(25)21-15-5-4-6-19(15,3)10-22/h7,15,22H,4-6,8-10H2,1-3H3,(H,20,24)(H,21,25)/t15-,19+/m1/s1. The highest BCUT2D eigenvalue weighted by Gasteiger charge is 2.40. The third-order valence-electron chi connectivity index (χ3n) is 5.71. The molecular weight excluding hydrogens is 320 g/mol. The Kier molecular flexibility index (Phi) is 4.35. The van der Waals surface area contributed by atoms with Gasteiger partial charge >= 0.3 is 0 Å². The molecule has 0 radical (unpaired) electrons. The molecular formula is C19H26N2O4. The summed E-state index contributed by atoms with van der Waals surface area (Å²) in [5.41, 5.74) is 0.00814. The molecule has 136 valence electrons. The van der Waals surface area contributed by atoms with Gasteiger partial charge in [-0.3, -0.25) is 14.4 Å². The number of carbonyl (C=O) groups excluding carboxylic acids is 2. The molecule has 0 spiro atoms. The van der Waals surface area contributed by atoms with Crippen molar-refractivity contribution >= 4 is 11.7 Å². The van der Waals surface area contributed by atoms with Crippen LogP contribution in [0.3, 0.4) is 0 Å². The van der Waals surface area contributed by atoms with Gasteiger partial charge in [0, 0.05) is 29.1 Å². The molecule has 2 aliphatic rings. The first kappa shape index (κ1) is 17.9. The lowest BCUT2D eigenvalue weighted by Gasteiger charge is -2.31. The zero-order chi connectivity index (χ0) is 18.4. The van der Waals surface area contributed by atoms with Crippen LogP contribution in [0.4, 0.5) is 0 Å². The predicted octanol–water partition coefficient (Wildman–Crippen LogP) is 1.81. The molecule has 2 aliphatic carbocycles. The summed E-state index contributed by atoms with van der Waals surface area (Å²) in [5.74, 6) is -0.522. The maximum Gasteiger partial charge on any atom is 0.261 e. The van der Waals surface area contributed by atoms with Gasteiger partial charge in [-0.2, -0.15) is 0 Å². The number of fused-ring (bicyclic) bond motifs is 1. The summed E-state index contributed by atoms with van der Waals surface area (Å²) in [6.07, 6.45) is 3.55. The Labute approximate surface area is 147 Å². The number of aromatic amines is 1. The van der Waals surface area contributed by atoms with Crippen molar-refractivity contribution in [2.45, 2.75) is 58.9 Å². The van der Waals surface area contributed by atoms with E-state index in [0.29, 0.717) is 24.1 Å². The zero-order valence-corrected chi connectivity index (χ0v) is 15.1. The zero-order valence-electron chi connectivity index (χ0n) is 15.1. The molecule has 6 heteroatoms. The first-order chi connectivity index (χ1) is 11.6. The average Bonchev–Trinajstić information content (AvgIpc) is 2.87. The number of nitrogens with one attached hydrogen (secondary N) is 2. The molecule has 2 atom stereocenters. The van der Waals surface area contributed by atoms with Gasteiger partial charge in [-0.25, -0.2) is 0 Å². The highest BCUT2D eigenvalue weighted by molar-refractivity contribution is 6.02. The molecule has 6 nitrogen and oxygen atoms in total. The number of rotatable bonds is 3. The molecule has 0 saturated heterocycles. The molecule has 0 aliphatic heterocycles. The fourth-order valence-corrected chi connectivity index (χ4v) is 4.10. The van der Waals surface area contributed by atoms with Crippen molar-refractivity contribution in [3.8, 4) is 0 Å². The van der Waals surface area contributed by atoms with Crippen LogP contribution in [-0.2, 0) is 6.42 Å². The Morgan fingerprint density at radius 1 is 1.32 bits per heavy atom. The van der Waals surface area contributed by atoms with Gasteiger partial charge < -0.3 is 15.4 Å². The van der Waals surface area contributed by atoms with Gasteiger partial charge in [0.15, 0.2) is 5.78 Å². The number of amides is 1. The Bertz CT molecular complexity index is 780. The van der Waals surface area contributed by atoms with Crippen molar-refractivity contribution in [1.29, 1.82) is 0 Å². The molecule has 1 aromatic heterocycles. The first-order valence-electron chi connectivity index (χ1n) is 8.86. The van der Waals surface area contributed by atoms with Crippen LogP contribution < -0.4 is 10.9 Å². The van der Waals surface area contributed by atoms with Crippen LogP contribution in [0.2, 0.25) is 0 Å². The third kappa shape index (κ3) is 3.27. The van der Waals surface area contributed by atoms with E-state index in [9.17, 15) is 19.5 Å². The maximum absolute atomic E-state index is 12.6. The summed E-state index contributed by atoms with van der Waals surface area (Å²) in [6.45, 7) is 5.91. The van der Waals surface area contributed by atoms with Crippen LogP contribution in [0.1, 0.15) is 72.9 Å². The van der Waals surface area contributed by atoms with Crippen LogP contribution in [0.25, 0.3) is 0 Å². The molecule has 1 amide bonds. The van der Waals surface area contributed by atoms with Crippen molar-refractivity contribution in [3.63, 3.8) is 0 Å². The van der Waals surface area contributed by atoms with Crippen LogP contribution in [0.5, 0.6) is 0 Å². The van der Waals surface area contributed by atoms with Crippen molar-refractivity contribution in [2.24, 2.45) is 10.8 Å². The number of H-pyrrole nitrogens is 1. The molecule has 1 saturated carbocycles.